The van der Waals surface area contributed by atoms with Crippen molar-refractivity contribution in [2.24, 2.45) is 0 Å². The normalized spacial score (nSPS) is 12.5. The first kappa shape index (κ1) is 14.9. The topological polar surface area (TPSA) is 9.23 Å². The summed E-state index contributed by atoms with van der Waals surface area (Å²) >= 11 is 0. The molecule has 1 nitrogen and oxygen atoms in total. The Morgan fingerprint density at radius 3 is 1.20 bits per heavy atom. The minimum Gasteiger partial charge on any atom is -0.449 e. The molecule has 0 atom stereocenters. The van der Waals surface area contributed by atoms with Gasteiger partial charge >= 0.3 is 0 Å². The van der Waals surface area contributed by atoms with E-state index in [1.54, 1.807) is 0 Å². The Kier molecular flexibility index (Phi) is 6.40. The molecule has 15 heavy (non-hydrogen) atoms. The molecule has 0 N–H and O–H groups in total. The summed E-state index contributed by atoms with van der Waals surface area (Å²) in [5, 5.41) is 0. The molecule has 0 amide bonds. The first-order valence-electron chi connectivity index (χ1n) is 6.04. The fraction of sp³-hybridized carbons (Fsp3) is 0.667. The molecule has 3 heteroatoms. The van der Waals surface area contributed by atoms with Gasteiger partial charge in [-0.15, -0.1) is 13.2 Å². The zero-order valence-corrected chi connectivity index (χ0v) is 12.8. The molecule has 0 aromatic rings. The lowest BCUT2D eigenvalue weighted by Crippen LogP contribution is -2.48. The van der Waals surface area contributed by atoms with Crippen LogP contribution in [0.25, 0.3) is 0 Å². The maximum atomic E-state index is 6.56. The molecular weight excluding hydrogens is 216 g/mol. The van der Waals surface area contributed by atoms with E-state index in [1.165, 1.54) is 0 Å². The average molecular weight is 243 g/mol. The van der Waals surface area contributed by atoms with Crippen molar-refractivity contribution in [1.82, 2.24) is 0 Å². The summed E-state index contributed by atoms with van der Waals surface area (Å²) in [7, 11) is -3.32. The second-order valence-electron chi connectivity index (χ2n) is 4.05. The molecule has 0 saturated carbocycles. The molecule has 0 rings (SSSR count). The van der Waals surface area contributed by atoms with Crippen molar-refractivity contribution in [2.75, 3.05) is 0 Å². The molecule has 0 aliphatic carbocycles. The molecule has 0 unspecified atom stereocenters. The highest BCUT2D eigenvalue weighted by molar-refractivity contribution is 6.91. The van der Waals surface area contributed by atoms with Gasteiger partial charge in [-0.25, -0.2) is 0 Å². The SMILES string of the molecule is C=C[Si](CC)(CC)O[Si](C=C)(CC)CC. The summed E-state index contributed by atoms with van der Waals surface area (Å²) < 4.78 is 6.56. The van der Waals surface area contributed by atoms with Gasteiger partial charge in [0.15, 0.2) is 0 Å². The van der Waals surface area contributed by atoms with Crippen LogP contribution < -0.4 is 0 Å². The third-order valence-electron chi connectivity index (χ3n) is 3.54. The highest BCUT2D eigenvalue weighted by Crippen LogP contribution is 2.28. The quantitative estimate of drug-likeness (QED) is 0.572. The molecule has 88 valence electrons. The maximum absolute atomic E-state index is 6.56. The van der Waals surface area contributed by atoms with Gasteiger partial charge in [-0.3, -0.25) is 0 Å². The minimum atomic E-state index is -1.66. The fourth-order valence-electron chi connectivity index (χ4n) is 1.85. The van der Waals surface area contributed by atoms with Crippen LogP contribution in [-0.4, -0.2) is 16.6 Å². The number of hydrogen-bond donors (Lipinski definition) is 0. The van der Waals surface area contributed by atoms with E-state index in [4.69, 9.17) is 4.12 Å². The van der Waals surface area contributed by atoms with Crippen LogP contribution in [0.5, 0.6) is 0 Å². The monoisotopic (exact) mass is 242 g/mol. The summed E-state index contributed by atoms with van der Waals surface area (Å²) in [5.74, 6) is 0. The van der Waals surface area contributed by atoms with Gasteiger partial charge in [-0.05, 0) is 24.2 Å². The Hall–Kier alpha value is -0.126. The van der Waals surface area contributed by atoms with E-state index in [2.05, 4.69) is 52.3 Å². The van der Waals surface area contributed by atoms with E-state index in [0.717, 1.165) is 24.2 Å². The van der Waals surface area contributed by atoms with E-state index in [0.29, 0.717) is 0 Å². The first-order valence-corrected chi connectivity index (χ1v) is 10.8. The Labute approximate surface area is 97.5 Å². The molecule has 0 bridgehead atoms. The Balaban J connectivity index is 4.90. The van der Waals surface area contributed by atoms with Gasteiger partial charge in [0, 0.05) is 0 Å². The van der Waals surface area contributed by atoms with Crippen molar-refractivity contribution < 1.29 is 4.12 Å². The summed E-state index contributed by atoms with van der Waals surface area (Å²) in [6.45, 7) is 16.9. The first-order chi connectivity index (χ1) is 7.07. The maximum Gasteiger partial charge on any atom is 0.203 e. The predicted octanol–water partition coefficient (Wildman–Crippen LogP) is 4.42. The third kappa shape index (κ3) is 3.43. The Morgan fingerprint density at radius 2 is 1.07 bits per heavy atom. The smallest absolute Gasteiger partial charge is 0.203 e. The van der Waals surface area contributed by atoms with Gasteiger partial charge in [0.2, 0.25) is 16.6 Å². The summed E-state index contributed by atoms with van der Waals surface area (Å²) in [6.07, 6.45) is 0. The van der Waals surface area contributed by atoms with Crippen LogP contribution in [0, 0.1) is 0 Å². The molecule has 0 aromatic heterocycles. The van der Waals surface area contributed by atoms with E-state index >= 15 is 0 Å². The second-order valence-corrected chi connectivity index (χ2v) is 12.8. The zero-order valence-electron chi connectivity index (χ0n) is 10.8. The molecule has 0 saturated heterocycles. The predicted molar refractivity (Wildman–Crippen MR) is 74.9 cm³/mol. The summed E-state index contributed by atoms with van der Waals surface area (Å²) in [6, 6.07) is 4.54. The Morgan fingerprint density at radius 1 is 0.800 bits per heavy atom. The standard InChI is InChI=1S/C12H26OSi2/c1-7-14(8-2,9-3)13-15(10-4,11-5)12-6/h7,10H,1,4,8-9,11-12H2,2-3,5-6H3. The van der Waals surface area contributed by atoms with Crippen molar-refractivity contribution in [3.8, 4) is 0 Å². The van der Waals surface area contributed by atoms with E-state index in [9.17, 15) is 0 Å². The van der Waals surface area contributed by atoms with Gasteiger partial charge in [-0.1, -0.05) is 39.1 Å². The van der Waals surface area contributed by atoms with Crippen LogP contribution in [-0.2, 0) is 4.12 Å². The second kappa shape index (κ2) is 6.45. The molecule has 0 aliphatic rings. The van der Waals surface area contributed by atoms with Gasteiger partial charge in [0.25, 0.3) is 0 Å². The lowest BCUT2D eigenvalue weighted by molar-refractivity contribution is 0.538. The van der Waals surface area contributed by atoms with E-state index in [1.807, 2.05) is 0 Å². The van der Waals surface area contributed by atoms with Crippen molar-refractivity contribution in [3.63, 3.8) is 0 Å². The zero-order chi connectivity index (χ0) is 11.9. The van der Waals surface area contributed by atoms with Crippen LogP contribution >= 0.6 is 0 Å². The third-order valence-corrected chi connectivity index (χ3v) is 13.1. The lowest BCUT2D eigenvalue weighted by Gasteiger charge is -2.37. The molecular formula is C12H26OSi2. The van der Waals surface area contributed by atoms with Gasteiger partial charge in [0.1, 0.15) is 0 Å². The van der Waals surface area contributed by atoms with E-state index < -0.39 is 16.6 Å². The van der Waals surface area contributed by atoms with Crippen LogP contribution in [0.2, 0.25) is 24.2 Å². The number of rotatable bonds is 8. The largest absolute Gasteiger partial charge is 0.449 e. The fourth-order valence-corrected chi connectivity index (χ4v) is 10.2. The lowest BCUT2D eigenvalue weighted by atomic mass is 10.9. The van der Waals surface area contributed by atoms with Gasteiger partial charge in [0.05, 0.1) is 0 Å². The Bertz CT molecular complexity index is 184. The highest BCUT2D eigenvalue weighted by Gasteiger charge is 2.37. The molecule has 0 heterocycles. The van der Waals surface area contributed by atoms with Gasteiger partial charge < -0.3 is 4.12 Å². The highest BCUT2D eigenvalue weighted by atomic mass is 28.4. The van der Waals surface area contributed by atoms with Crippen molar-refractivity contribution >= 4 is 16.6 Å². The van der Waals surface area contributed by atoms with E-state index in [-0.39, 0.29) is 0 Å². The van der Waals surface area contributed by atoms with Crippen LogP contribution in [0.15, 0.2) is 24.6 Å². The summed E-state index contributed by atoms with van der Waals surface area (Å²) in [4.78, 5) is 0. The minimum absolute atomic E-state index is 1.13. The molecule has 0 aliphatic heterocycles. The molecule has 0 radical (unpaired) electrons. The molecule has 0 spiro atoms. The average Bonchev–Trinajstić information content (AvgIpc) is 2.33. The summed E-state index contributed by atoms with van der Waals surface area (Å²) in [5.41, 5.74) is 4.23. The van der Waals surface area contributed by atoms with Crippen LogP contribution in [0.3, 0.4) is 0 Å². The van der Waals surface area contributed by atoms with Crippen molar-refractivity contribution in [1.29, 1.82) is 0 Å². The van der Waals surface area contributed by atoms with Crippen molar-refractivity contribution in [2.45, 2.75) is 51.9 Å². The van der Waals surface area contributed by atoms with Crippen LogP contribution in [0.1, 0.15) is 27.7 Å². The van der Waals surface area contributed by atoms with Crippen molar-refractivity contribution in [3.05, 3.63) is 24.6 Å². The number of hydrogen-bond acceptors (Lipinski definition) is 1. The van der Waals surface area contributed by atoms with Crippen LogP contribution in [0.4, 0.5) is 0 Å². The molecule has 0 fully saturated rings. The molecule has 0 aromatic carbocycles. The van der Waals surface area contributed by atoms with Gasteiger partial charge in [-0.2, -0.15) is 0 Å².